The first-order valence-corrected chi connectivity index (χ1v) is 7.33. The molecule has 0 radical (unpaired) electrons. The van der Waals surface area contributed by atoms with Gasteiger partial charge >= 0.3 is 0 Å². The van der Waals surface area contributed by atoms with Gasteiger partial charge in [-0.1, -0.05) is 30.2 Å². The molecule has 2 aliphatic rings. The summed E-state index contributed by atoms with van der Waals surface area (Å²) < 4.78 is 0. The van der Waals surface area contributed by atoms with E-state index in [0.29, 0.717) is 18.0 Å². The molecule has 2 unspecified atom stereocenters. The number of piperidine rings is 1. The average Bonchev–Trinajstić information content (AvgIpc) is 2.76. The molecule has 1 aromatic rings. The molecule has 0 aromatic heterocycles. The van der Waals surface area contributed by atoms with Crippen LogP contribution in [0.25, 0.3) is 0 Å². The topological polar surface area (TPSA) is 41.1 Å². The molecule has 2 N–H and O–H groups in total. The Balaban J connectivity index is 0.000000146. The Morgan fingerprint density at radius 3 is 2.58 bits per heavy atom. The number of fused-ring (bicyclic) bond motifs is 2. The van der Waals surface area contributed by atoms with Gasteiger partial charge in [-0.2, -0.15) is 0 Å². The fourth-order valence-corrected chi connectivity index (χ4v) is 2.99. The standard InChI is InChI=1S/C8H8ClNO.C7H13N/c9-8-3-1-2-7(4-8)5-10-6-11;1-2-6-4-5-7(3-1)8-6/h1-4,6H,5H2,(H,10,11);6-8H,1-5H2. The van der Waals surface area contributed by atoms with Gasteiger partial charge in [0.1, 0.15) is 0 Å². The quantitative estimate of drug-likeness (QED) is 0.836. The van der Waals surface area contributed by atoms with Crippen LogP contribution in [0.3, 0.4) is 0 Å². The first-order valence-electron chi connectivity index (χ1n) is 6.95. The molecule has 0 aliphatic carbocycles. The van der Waals surface area contributed by atoms with Crippen molar-refractivity contribution in [1.29, 1.82) is 0 Å². The van der Waals surface area contributed by atoms with Crippen molar-refractivity contribution in [1.82, 2.24) is 10.6 Å². The third kappa shape index (κ3) is 4.84. The van der Waals surface area contributed by atoms with Crippen molar-refractivity contribution in [2.75, 3.05) is 0 Å². The van der Waals surface area contributed by atoms with Gasteiger partial charge in [0.25, 0.3) is 0 Å². The molecule has 104 valence electrons. The summed E-state index contributed by atoms with van der Waals surface area (Å²) in [6.07, 6.45) is 7.92. The largest absolute Gasteiger partial charge is 0.355 e. The summed E-state index contributed by atoms with van der Waals surface area (Å²) in [5.41, 5.74) is 1.00. The van der Waals surface area contributed by atoms with E-state index < -0.39 is 0 Å². The molecule has 2 saturated heterocycles. The molecule has 1 aromatic carbocycles. The van der Waals surface area contributed by atoms with Crippen LogP contribution in [0.4, 0.5) is 0 Å². The van der Waals surface area contributed by atoms with Crippen LogP contribution in [0, 0.1) is 0 Å². The summed E-state index contributed by atoms with van der Waals surface area (Å²) in [6, 6.07) is 9.19. The molecule has 2 heterocycles. The Morgan fingerprint density at radius 2 is 2.00 bits per heavy atom. The van der Waals surface area contributed by atoms with Crippen LogP contribution in [0.1, 0.15) is 37.7 Å². The molecule has 2 aliphatic heterocycles. The third-order valence-electron chi connectivity index (χ3n) is 3.72. The van der Waals surface area contributed by atoms with Gasteiger partial charge in [0.2, 0.25) is 6.41 Å². The summed E-state index contributed by atoms with van der Waals surface area (Å²) in [6.45, 7) is 0.532. The smallest absolute Gasteiger partial charge is 0.207 e. The summed E-state index contributed by atoms with van der Waals surface area (Å²) in [7, 11) is 0. The maximum Gasteiger partial charge on any atom is 0.207 e. The molecular formula is C15H21ClN2O. The molecule has 19 heavy (non-hydrogen) atoms. The molecule has 3 nitrogen and oxygen atoms in total. The number of carbonyl (C=O) groups is 1. The van der Waals surface area contributed by atoms with Crippen LogP contribution >= 0.6 is 11.6 Å². The number of nitrogens with one attached hydrogen (secondary N) is 2. The normalized spacial score (nSPS) is 24.3. The van der Waals surface area contributed by atoms with E-state index in [2.05, 4.69) is 10.6 Å². The van der Waals surface area contributed by atoms with E-state index in [1.165, 1.54) is 32.1 Å². The van der Waals surface area contributed by atoms with E-state index in [1.807, 2.05) is 18.2 Å². The van der Waals surface area contributed by atoms with Gasteiger partial charge in [-0.3, -0.25) is 4.79 Å². The van der Waals surface area contributed by atoms with Crippen molar-refractivity contribution in [3.05, 3.63) is 34.9 Å². The fourth-order valence-electron chi connectivity index (χ4n) is 2.77. The molecule has 1 amide bonds. The number of hydrogen-bond acceptors (Lipinski definition) is 2. The van der Waals surface area contributed by atoms with Crippen molar-refractivity contribution >= 4 is 18.0 Å². The van der Waals surface area contributed by atoms with E-state index in [0.717, 1.165) is 17.6 Å². The number of halogens is 1. The molecular weight excluding hydrogens is 260 g/mol. The maximum atomic E-state index is 9.92. The number of rotatable bonds is 3. The zero-order chi connectivity index (χ0) is 13.5. The van der Waals surface area contributed by atoms with Crippen molar-refractivity contribution in [2.45, 2.75) is 50.7 Å². The van der Waals surface area contributed by atoms with Crippen molar-refractivity contribution in [3.8, 4) is 0 Å². The Morgan fingerprint density at radius 1 is 1.26 bits per heavy atom. The zero-order valence-electron chi connectivity index (χ0n) is 11.1. The summed E-state index contributed by atoms with van der Waals surface area (Å²) >= 11 is 5.71. The van der Waals surface area contributed by atoms with Gasteiger partial charge in [-0.05, 0) is 43.4 Å². The summed E-state index contributed by atoms with van der Waals surface area (Å²) in [4.78, 5) is 9.92. The van der Waals surface area contributed by atoms with Gasteiger partial charge in [-0.25, -0.2) is 0 Å². The minimum absolute atomic E-state index is 0.532. The second-order valence-electron chi connectivity index (χ2n) is 5.20. The van der Waals surface area contributed by atoms with E-state index in [4.69, 9.17) is 11.6 Å². The highest BCUT2D eigenvalue weighted by molar-refractivity contribution is 6.30. The Bertz CT molecular complexity index is 397. The number of carbonyl (C=O) groups excluding carboxylic acids is 1. The van der Waals surface area contributed by atoms with Crippen LogP contribution in [0.2, 0.25) is 5.02 Å². The lowest BCUT2D eigenvalue weighted by Crippen LogP contribution is -2.33. The Kier molecular flexibility index (Phi) is 5.67. The molecule has 2 fully saturated rings. The lowest BCUT2D eigenvalue weighted by Gasteiger charge is -2.19. The van der Waals surface area contributed by atoms with Gasteiger partial charge in [0, 0.05) is 23.7 Å². The average molecular weight is 281 g/mol. The lowest BCUT2D eigenvalue weighted by atomic mass is 10.1. The SMILES string of the molecule is C1CC2CCC(C1)N2.O=CNCc1cccc(Cl)c1. The highest BCUT2D eigenvalue weighted by Gasteiger charge is 2.26. The third-order valence-corrected chi connectivity index (χ3v) is 3.95. The second-order valence-corrected chi connectivity index (χ2v) is 5.63. The minimum Gasteiger partial charge on any atom is -0.355 e. The van der Waals surface area contributed by atoms with Crippen molar-refractivity contribution in [2.24, 2.45) is 0 Å². The van der Waals surface area contributed by atoms with E-state index in [9.17, 15) is 4.79 Å². The first-order chi connectivity index (χ1) is 9.28. The second kappa shape index (κ2) is 7.51. The highest BCUT2D eigenvalue weighted by atomic mass is 35.5. The van der Waals surface area contributed by atoms with E-state index in [-0.39, 0.29) is 0 Å². The summed E-state index contributed by atoms with van der Waals surface area (Å²) in [5.74, 6) is 0. The first kappa shape index (κ1) is 14.4. The molecule has 0 saturated carbocycles. The monoisotopic (exact) mass is 280 g/mol. The molecule has 3 rings (SSSR count). The number of amides is 1. The predicted molar refractivity (Wildman–Crippen MR) is 78.2 cm³/mol. The van der Waals surface area contributed by atoms with Gasteiger partial charge in [0.05, 0.1) is 0 Å². The maximum absolute atomic E-state index is 9.92. The molecule has 0 spiro atoms. The van der Waals surface area contributed by atoms with E-state index in [1.54, 1.807) is 6.07 Å². The van der Waals surface area contributed by atoms with Crippen LogP contribution in [-0.2, 0) is 11.3 Å². The Hall–Kier alpha value is -1.06. The van der Waals surface area contributed by atoms with Crippen LogP contribution in [0.5, 0.6) is 0 Å². The molecule has 4 heteroatoms. The lowest BCUT2D eigenvalue weighted by molar-refractivity contribution is -0.109. The van der Waals surface area contributed by atoms with Crippen LogP contribution in [0.15, 0.2) is 24.3 Å². The fraction of sp³-hybridized carbons (Fsp3) is 0.533. The molecule has 2 bridgehead atoms. The van der Waals surface area contributed by atoms with E-state index >= 15 is 0 Å². The highest BCUT2D eigenvalue weighted by Crippen LogP contribution is 2.25. The zero-order valence-corrected chi connectivity index (χ0v) is 11.8. The van der Waals surface area contributed by atoms with Crippen LogP contribution < -0.4 is 10.6 Å². The van der Waals surface area contributed by atoms with Gasteiger partial charge in [-0.15, -0.1) is 0 Å². The Labute approximate surface area is 119 Å². The molecule has 2 atom stereocenters. The van der Waals surface area contributed by atoms with Crippen molar-refractivity contribution < 1.29 is 4.79 Å². The van der Waals surface area contributed by atoms with Crippen LogP contribution in [-0.4, -0.2) is 18.5 Å². The van der Waals surface area contributed by atoms with Gasteiger partial charge in [0.15, 0.2) is 0 Å². The minimum atomic E-state index is 0.532. The summed E-state index contributed by atoms with van der Waals surface area (Å²) in [5, 5.41) is 6.83. The number of benzene rings is 1. The van der Waals surface area contributed by atoms with Crippen molar-refractivity contribution in [3.63, 3.8) is 0 Å². The van der Waals surface area contributed by atoms with Gasteiger partial charge < -0.3 is 10.6 Å². The number of hydrogen-bond donors (Lipinski definition) is 2. The predicted octanol–water partition coefficient (Wildman–Crippen LogP) is 2.88.